The maximum absolute atomic E-state index is 11.9. The van der Waals surface area contributed by atoms with Crippen LogP contribution in [0.25, 0.3) is 0 Å². The summed E-state index contributed by atoms with van der Waals surface area (Å²) in [4.78, 5) is 23.4. The van der Waals surface area contributed by atoms with Crippen LogP contribution >= 0.6 is 0 Å². The van der Waals surface area contributed by atoms with Gasteiger partial charge in [-0.3, -0.25) is 9.59 Å². The lowest BCUT2D eigenvalue weighted by atomic mass is 9.82. The van der Waals surface area contributed by atoms with Crippen LogP contribution in [0.15, 0.2) is 30.3 Å². The summed E-state index contributed by atoms with van der Waals surface area (Å²) in [6.45, 7) is 3.45. The molecule has 0 aromatic heterocycles. The van der Waals surface area contributed by atoms with Gasteiger partial charge < -0.3 is 9.84 Å². The van der Waals surface area contributed by atoms with Gasteiger partial charge in [-0.2, -0.15) is 0 Å². The zero-order valence-electron chi connectivity index (χ0n) is 11.7. The fourth-order valence-electron chi connectivity index (χ4n) is 1.74. The maximum Gasteiger partial charge on any atom is 0.324 e. The average Bonchev–Trinajstić information content (AvgIpc) is 2.44. The summed E-state index contributed by atoms with van der Waals surface area (Å²) in [5.74, 6) is 3.73. The molecule has 0 aliphatic heterocycles. The minimum Gasteiger partial charge on any atom is -0.480 e. The summed E-state index contributed by atoms with van der Waals surface area (Å²) >= 11 is 0. The maximum atomic E-state index is 11.9. The Morgan fingerprint density at radius 3 is 2.40 bits per heavy atom. The molecule has 4 nitrogen and oxygen atoms in total. The van der Waals surface area contributed by atoms with E-state index in [1.165, 1.54) is 0 Å². The largest absolute Gasteiger partial charge is 0.480 e. The Morgan fingerprint density at radius 1 is 1.25 bits per heavy atom. The number of carboxylic acids is 1. The molecule has 0 bridgehead atoms. The van der Waals surface area contributed by atoms with Crippen LogP contribution in [0.5, 0.6) is 0 Å². The molecule has 0 saturated carbocycles. The molecule has 1 aromatic carbocycles. The topological polar surface area (TPSA) is 63.6 Å². The van der Waals surface area contributed by atoms with E-state index in [0.717, 1.165) is 5.56 Å². The molecule has 1 atom stereocenters. The summed E-state index contributed by atoms with van der Waals surface area (Å²) in [5, 5.41) is 9.35. The van der Waals surface area contributed by atoms with Gasteiger partial charge in [-0.05, 0) is 25.5 Å². The van der Waals surface area contributed by atoms with Gasteiger partial charge in [0.2, 0.25) is 0 Å². The van der Waals surface area contributed by atoms with E-state index in [-0.39, 0.29) is 19.4 Å². The third-order valence-corrected chi connectivity index (χ3v) is 3.08. The highest BCUT2D eigenvalue weighted by Gasteiger charge is 2.45. The third-order valence-electron chi connectivity index (χ3n) is 3.08. The summed E-state index contributed by atoms with van der Waals surface area (Å²) in [6, 6.07) is 9.22. The average molecular weight is 274 g/mol. The number of carbonyl (C=O) groups excluding carboxylic acids is 1. The predicted molar refractivity (Wildman–Crippen MR) is 74.9 cm³/mol. The van der Waals surface area contributed by atoms with E-state index < -0.39 is 17.4 Å². The van der Waals surface area contributed by atoms with E-state index in [2.05, 4.69) is 11.8 Å². The Kier molecular flexibility index (Phi) is 5.79. The van der Waals surface area contributed by atoms with Crippen LogP contribution < -0.4 is 0 Å². The fourth-order valence-corrected chi connectivity index (χ4v) is 1.74. The number of hydrogen-bond donors (Lipinski definition) is 1. The first-order chi connectivity index (χ1) is 9.56. The first kappa shape index (κ1) is 15.8. The molecule has 4 heteroatoms. The van der Waals surface area contributed by atoms with Crippen LogP contribution in [0.1, 0.15) is 32.3 Å². The van der Waals surface area contributed by atoms with Crippen LogP contribution in [-0.4, -0.2) is 23.7 Å². The van der Waals surface area contributed by atoms with Crippen LogP contribution in [0.4, 0.5) is 0 Å². The molecule has 1 aromatic rings. The van der Waals surface area contributed by atoms with E-state index >= 15 is 0 Å². The van der Waals surface area contributed by atoms with Crippen LogP contribution in [0.3, 0.4) is 0 Å². The Morgan fingerprint density at radius 2 is 1.90 bits per heavy atom. The highest BCUT2D eigenvalue weighted by molar-refractivity contribution is 5.99. The van der Waals surface area contributed by atoms with Crippen molar-refractivity contribution in [1.29, 1.82) is 0 Å². The molecule has 1 rings (SSSR count). The molecule has 0 fully saturated rings. The van der Waals surface area contributed by atoms with Crippen molar-refractivity contribution in [1.82, 2.24) is 0 Å². The van der Waals surface area contributed by atoms with Gasteiger partial charge >= 0.3 is 11.9 Å². The Balaban J connectivity index is 2.94. The summed E-state index contributed by atoms with van der Waals surface area (Å²) in [5.41, 5.74) is -0.801. The highest BCUT2D eigenvalue weighted by atomic mass is 16.5. The standard InChI is InChI=1S/C16H18O4/c1-3-16(14(17)18,15(19)20-4-2)12-8-11-13-9-6-5-7-10-13/h5-7,9-10H,3-4,12H2,1-2H3,(H,17,18). The number of esters is 1. The Hall–Kier alpha value is -2.28. The van der Waals surface area contributed by atoms with E-state index in [1.807, 2.05) is 30.3 Å². The lowest BCUT2D eigenvalue weighted by Gasteiger charge is -2.23. The van der Waals surface area contributed by atoms with E-state index in [9.17, 15) is 14.7 Å². The molecule has 0 radical (unpaired) electrons. The number of carboxylic acid groups (broad SMARTS) is 1. The van der Waals surface area contributed by atoms with Crippen molar-refractivity contribution in [3.05, 3.63) is 35.9 Å². The first-order valence-corrected chi connectivity index (χ1v) is 6.51. The number of aliphatic carboxylic acids is 1. The number of benzene rings is 1. The van der Waals surface area contributed by atoms with Crippen molar-refractivity contribution in [3.8, 4) is 11.8 Å². The first-order valence-electron chi connectivity index (χ1n) is 6.51. The number of hydrogen-bond acceptors (Lipinski definition) is 3. The molecule has 106 valence electrons. The van der Waals surface area contributed by atoms with Crippen LogP contribution in [-0.2, 0) is 14.3 Å². The van der Waals surface area contributed by atoms with Gasteiger partial charge in [-0.1, -0.05) is 37.0 Å². The minimum atomic E-state index is -1.59. The molecule has 0 amide bonds. The zero-order valence-corrected chi connectivity index (χ0v) is 11.7. The fraction of sp³-hybridized carbons (Fsp3) is 0.375. The lowest BCUT2D eigenvalue weighted by Crippen LogP contribution is -2.40. The van der Waals surface area contributed by atoms with Gasteiger partial charge in [-0.25, -0.2) is 0 Å². The molecule has 1 N–H and O–H groups in total. The van der Waals surface area contributed by atoms with Gasteiger partial charge in [0.05, 0.1) is 6.61 Å². The van der Waals surface area contributed by atoms with Crippen molar-refractivity contribution in [3.63, 3.8) is 0 Å². The second-order valence-electron chi connectivity index (χ2n) is 4.31. The monoisotopic (exact) mass is 274 g/mol. The second-order valence-corrected chi connectivity index (χ2v) is 4.31. The van der Waals surface area contributed by atoms with Crippen molar-refractivity contribution >= 4 is 11.9 Å². The number of carbonyl (C=O) groups is 2. The Bertz CT molecular complexity index is 524. The summed E-state index contributed by atoms with van der Waals surface area (Å²) in [6.07, 6.45) is 0.0806. The van der Waals surface area contributed by atoms with Gasteiger partial charge in [0.15, 0.2) is 5.41 Å². The number of ether oxygens (including phenoxy) is 1. The van der Waals surface area contributed by atoms with Gasteiger partial charge in [-0.15, -0.1) is 0 Å². The second kappa shape index (κ2) is 7.34. The molecular formula is C16H18O4. The van der Waals surface area contributed by atoms with E-state index in [1.54, 1.807) is 13.8 Å². The molecule has 0 heterocycles. The van der Waals surface area contributed by atoms with Gasteiger partial charge in [0.25, 0.3) is 0 Å². The van der Waals surface area contributed by atoms with Crippen LogP contribution in [0.2, 0.25) is 0 Å². The van der Waals surface area contributed by atoms with Crippen molar-refractivity contribution in [2.45, 2.75) is 26.7 Å². The molecule has 1 unspecified atom stereocenters. The summed E-state index contributed by atoms with van der Waals surface area (Å²) in [7, 11) is 0. The highest BCUT2D eigenvalue weighted by Crippen LogP contribution is 2.28. The van der Waals surface area contributed by atoms with Crippen molar-refractivity contribution < 1.29 is 19.4 Å². The molecule has 0 saturated heterocycles. The summed E-state index contributed by atoms with van der Waals surface area (Å²) < 4.78 is 4.87. The quantitative estimate of drug-likeness (QED) is 0.509. The van der Waals surface area contributed by atoms with Crippen LogP contribution in [0, 0.1) is 17.3 Å². The van der Waals surface area contributed by atoms with Gasteiger partial charge in [0.1, 0.15) is 0 Å². The molecule has 0 aliphatic rings. The van der Waals surface area contributed by atoms with Gasteiger partial charge in [0, 0.05) is 12.0 Å². The van der Waals surface area contributed by atoms with Crippen molar-refractivity contribution in [2.75, 3.05) is 6.61 Å². The Labute approximate surface area is 118 Å². The third kappa shape index (κ3) is 3.61. The predicted octanol–water partition coefficient (Wildman–Crippen LogP) is 2.47. The SMILES string of the molecule is CCOC(=O)C(CC)(CC#Cc1ccccc1)C(=O)O. The minimum absolute atomic E-state index is 0.0629. The molecular weight excluding hydrogens is 256 g/mol. The molecule has 0 spiro atoms. The normalized spacial score (nSPS) is 12.7. The molecule has 0 aliphatic carbocycles. The smallest absolute Gasteiger partial charge is 0.324 e. The zero-order chi connectivity index (χ0) is 15.0. The van der Waals surface area contributed by atoms with E-state index in [0.29, 0.717) is 0 Å². The van der Waals surface area contributed by atoms with E-state index in [4.69, 9.17) is 4.74 Å². The number of rotatable bonds is 5. The molecule has 20 heavy (non-hydrogen) atoms. The lowest BCUT2D eigenvalue weighted by molar-refractivity contribution is -0.168. The van der Waals surface area contributed by atoms with Crippen molar-refractivity contribution in [2.24, 2.45) is 5.41 Å².